The number of benzene rings is 2. The van der Waals surface area contributed by atoms with Gasteiger partial charge in [0.15, 0.2) is 10.6 Å². The number of nitrogens with zero attached hydrogens (tertiary/aromatic N) is 4. The summed E-state index contributed by atoms with van der Waals surface area (Å²) in [6, 6.07) is 15.7. The summed E-state index contributed by atoms with van der Waals surface area (Å²) < 4.78 is 4.52. The molecule has 156 valence electrons. The van der Waals surface area contributed by atoms with E-state index >= 15 is 0 Å². The highest BCUT2D eigenvalue weighted by Gasteiger charge is 2.33. The second-order valence-electron chi connectivity index (χ2n) is 7.57. The number of carbonyl (C=O) groups is 1. The standard InChI is InChI=1S/C22H24ClN5OS/c1-3-26-21(15-8-10-16(23)11-9-15)25-28(22(26)30)13-27-14(2)12-18(20(24)29)17-6-4-5-7-19(17)27/h4-11,14,18H,3,12-13H2,1-2H3,(H2,24,29)/t14-,18+/m0/s1. The van der Waals surface area contributed by atoms with Crippen molar-refractivity contribution in [1.29, 1.82) is 0 Å². The highest BCUT2D eigenvalue weighted by atomic mass is 35.5. The van der Waals surface area contributed by atoms with Crippen molar-refractivity contribution < 1.29 is 4.79 Å². The fourth-order valence-corrected chi connectivity index (χ4v) is 4.58. The monoisotopic (exact) mass is 441 g/mol. The Morgan fingerprint density at radius 3 is 2.60 bits per heavy atom. The van der Waals surface area contributed by atoms with Gasteiger partial charge in [-0.3, -0.25) is 4.79 Å². The van der Waals surface area contributed by atoms with Crippen molar-refractivity contribution in [3.05, 3.63) is 63.9 Å². The minimum atomic E-state index is -0.286. The van der Waals surface area contributed by atoms with Crippen molar-refractivity contribution in [3.8, 4) is 11.4 Å². The van der Waals surface area contributed by atoms with Gasteiger partial charge in [-0.15, -0.1) is 5.10 Å². The molecule has 0 saturated carbocycles. The van der Waals surface area contributed by atoms with Gasteiger partial charge < -0.3 is 15.2 Å². The van der Waals surface area contributed by atoms with Crippen LogP contribution < -0.4 is 10.6 Å². The van der Waals surface area contributed by atoms with Gasteiger partial charge in [0, 0.05) is 28.9 Å². The summed E-state index contributed by atoms with van der Waals surface area (Å²) in [7, 11) is 0. The number of halogens is 1. The van der Waals surface area contributed by atoms with E-state index < -0.39 is 0 Å². The van der Waals surface area contributed by atoms with Crippen molar-refractivity contribution in [2.45, 2.75) is 45.4 Å². The van der Waals surface area contributed by atoms with Crippen LogP contribution in [0.1, 0.15) is 31.7 Å². The van der Waals surface area contributed by atoms with E-state index in [1.807, 2.05) is 57.8 Å². The largest absolute Gasteiger partial charge is 0.369 e. The molecular formula is C22H24ClN5OS. The van der Waals surface area contributed by atoms with Gasteiger partial charge in [0.25, 0.3) is 0 Å². The van der Waals surface area contributed by atoms with Crippen LogP contribution in [0.4, 0.5) is 5.69 Å². The van der Waals surface area contributed by atoms with Gasteiger partial charge >= 0.3 is 0 Å². The third kappa shape index (κ3) is 3.63. The van der Waals surface area contributed by atoms with Gasteiger partial charge in [-0.25, -0.2) is 4.68 Å². The normalized spacial score (nSPS) is 18.3. The molecule has 30 heavy (non-hydrogen) atoms. The summed E-state index contributed by atoms with van der Waals surface area (Å²) in [6.07, 6.45) is 0.665. The minimum Gasteiger partial charge on any atom is -0.369 e. The van der Waals surface area contributed by atoms with E-state index in [1.54, 1.807) is 0 Å². The number of hydrogen-bond acceptors (Lipinski definition) is 4. The minimum absolute atomic E-state index is 0.116. The molecule has 1 aliphatic rings. The van der Waals surface area contributed by atoms with Gasteiger partial charge in [0.05, 0.1) is 5.92 Å². The lowest BCUT2D eigenvalue weighted by atomic mass is 9.86. The van der Waals surface area contributed by atoms with Crippen molar-refractivity contribution in [3.63, 3.8) is 0 Å². The lowest BCUT2D eigenvalue weighted by molar-refractivity contribution is -0.119. The first-order valence-corrected chi connectivity index (χ1v) is 10.8. The zero-order valence-corrected chi connectivity index (χ0v) is 18.5. The average Bonchev–Trinajstić information content (AvgIpc) is 3.05. The van der Waals surface area contributed by atoms with Crippen molar-refractivity contribution >= 4 is 35.4 Å². The molecule has 2 heterocycles. The first-order valence-electron chi connectivity index (χ1n) is 9.99. The number of para-hydroxylation sites is 1. The highest BCUT2D eigenvalue weighted by Crippen LogP contribution is 2.38. The lowest BCUT2D eigenvalue weighted by Crippen LogP contribution is -2.42. The van der Waals surface area contributed by atoms with E-state index in [2.05, 4.69) is 18.7 Å². The lowest BCUT2D eigenvalue weighted by Gasteiger charge is -2.39. The number of rotatable bonds is 5. The van der Waals surface area contributed by atoms with E-state index in [0.717, 1.165) is 22.6 Å². The smallest absolute Gasteiger partial charge is 0.225 e. The molecule has 1 aliphatic heterocycles. The number of carbonyl (C=O) groups excluding carboxylic acids is 1. The van der Waals surface area contributed by atoms with Crippen molar-refractivity contribution in [2.24, 2.45) is 5.73 Å². The summed E-state index contributed by atoms with van der Waals surface area (Å²) in [5.41, 5.74) is 8.60. The molecule has 8 heteroatoms. The SMILES string of the molecule is CCn1c(-c2ccc(Cl)cc2)nn(CN2c3ccccc3[C@H](C(N)=O)C[C@@H]2C)c1=S. The van der Waals surface area contributed by atoms with Gasteiger partial charge in [-0.1, -0.05) is 29.8 Å². The summed E-state index contributed by atoms with van der Waals surface area (Å²) in [5.74, 6) is 0.247. The molecule has 0 fully saturated rings. The number of primary amides is 1. The van der Waals surface area contributed by atoms with Crippen LogP contribution in [0.5, 0.6) is 0 Å². The molecule has 4 rings (SSSR count). The number of amides is 1. The Balaban J connectivity index is 1.74. The third-order valence-electron chi connectivity index (χ3n) is 5.70. The molecule has 3 aromatic rings. The molecule has 0 bridgehead atoms. The van der Waals surface area contributed by atoms with Crippen LogP contribution >= 0.6 is 23.8 Å². The second kappa shape index (κ2) is 8.24. The number of nitrogens with two attached hydrogens (primary N) is 1. The summed E-state index contributed by atoms with van der Waals surface area (Å²) in [6.45, 7) is 5.37. The maximum atomic E-state index is 12.0. The number of fused-ring (bicyclic) bond motifs is 1. The molecule has 0 unspecified atom stereocenters. The maximum absolute atomic E-state index is 12.0. The molecule has 6 nitrogen and oxygen atoms in total. The van der Waals surface area contributed by atoms with Crippen molar-refractivity contribution in [2.75, 3.05) is 4.90 Å². The van der Waals surface area contributed by atoms with E-state index in [1.165, 1.54) is 0 Å². The topological polar surface area (TPSA) is 69.1 Å². The summed E-state index contributed by atoms with van der Waals surface area (Å²) in [4.78, 5) is 14.2. The van der Waals surface area contributed by atoms with Crippen LogP contribution in [0.2, 0.25) is 5.02 Å². The zero-order valence-electron chi connectivity index (χ0n) is 17.0. The molecule has 2 N–H and O–H groups in total. The average molecular weight is 442 g/mol. The van der Waals surface area contributed by atoms with Gasteiger partial charge in [-0.05, 0) is 68.4 Å². The molecule has 2 atom stereocenters. The molecule has 0 aliphatic carbocycles. The van der Waals surface area contributed by atoms with Gasteiger partial charge in [-0.2, -0.15) is 0 Å². The molecule has 1 aromatic heterocycles. The van der Waals surface area contributed by atoms with Crippen LogP contribution in [0.15, 0.2) is 48.5 Å². The van der Waals surface area contributed by atoms with E-state index in [-0.39, 0.29) is 17.9 Å². The van der Waals surface area contributed by atoms with Crippen LogP contribution in [-0.2, 0) is 18.0 Å². The molecule has 1 amide bonds. The predicted octanol–water partition coefficient (Wildman–Crippen LogP) is 4.58. The molecular weight excluding hydrogens is 418 g/mol. The summed E-state index contributed by atoms with van der Waals surface area (Å²) >= 11 is 11.8. The first kappa shape index (κ1) is 20.6. The fourth-order valence-electron chi connectivity index (χ4n) is 4.14. The zero-order chi connectivity index (χ0) is 21.4. The Hall–Kier alpha value is -2.64. The molecule has 0 radical (unpaired) electrons. The summed E-state index contributed by atoms with van der Waals surface area (Å²) in [5, 5.41) is 5.52. The number of aromatic nitrogens is 3. The quantitative estimate of drug-likeness (QED) is 0.588. The Morgan fingerprint density at radius 1 is 1.23 bits per heavy atom. The maximum Gasteiger partial charge on any atom is 0.225 e. The van der Waals surface area contributed by atoms with E-state index in [4.69, 9.17) is 34.7 Å². The van der Waals surface area contributed by atoms with Gasteiger partial charge in [0.1, 0.15) is 6.67 Å². The third-order valence-corrected chi connectivity index (χ3v) is 6.38. The Kier molecular flexibility index (Phi) is 5.66. The first-order chi connectivity index (χ1) is 14.4. The van der Waals surface area contributed by atoms with Gasteiger partial charge in [0.2, 0.25) is 5.91 Å². The number of hydrogen-bond donors (Lipinski definition) is 1. The predicted molar refractivity (Wildman–Crippen MR) is 122 cm³/mol. The fraction of sp³-hybridized carbons (Fsp3) is 0.318. The molecule has 0 saturated heterocycles. The van der Waals surface area contributed by atoms with E-state index in [0.29, 0.717) is 29.4 Å². The molecule has 2 aromatic carbocycles. The van der Waals surface area contributed by atoms with E-state index in [9.17, 15) is 4.79 Å². The molecule has 0 spiro atoms. The van der Waals surface area contributed by atoms with Crippen LogP contribution in [0.3, 0.4) is 0 Å². The Labute approximate surface area is 185 Å². The highest BCUT2D eigenvalue weighted by molar-refractivity contribution is 7.71. The second-order valence-corrected chi connectivity index (χ2v) is 8.37. The van der Waals surface area contributed by atoms with Crippen molar-refractivity contribution in [1.82, 2.24) is 14.3 Å². The van der Waals surface area contributed by atoms with Crippen LogP contribution in [0.25, 0.3) is 11.4 Å². The Morgan fingerprint density at radius 2 is 1.93 bits per heavy atom. The van der Waals surface area contributed by atoms with Crippen LogP contribution in [-0.4, -0.2) is 26.3 Å². The Bertz CT molecular complexity index is 1140. The van der Waals surface area contributed by atoms with Crippen LogP contribution in [0, 0.1) is 4.77 Å². The number of anilines is 1.